The van der Waals surface area contributed by atoms with Crippen molar-refractivity contribution in [1.29, 1.82) is 0 Å². The topological polar surface area (TPSA) is 86.8 Å². The van der Waals surface area contributed by atoms with Crippen LogP contribution in [0.4, 0.5) is 11.4 Å². The number of fused-ring (bicyclic) bond motifs is 2. The summed E-state index contributed by atoms with van der Waals surface area (Å²) in [6, 6.07) is 12.3. The highest BCUT2D eigenvalue weighted by Crippen LogP contribution is 2.34. The molecule has 0 atom stereocenters. The summed E-state index contributed by atoms with van der Waals surface area (Å²) in [5.74, 6) is -1.82. The van der Waals surface area contributed by atoms with Crippen molar-refractivity contribution in [2.24, 2.45) is 0 Å². The van der Waals surface area contributed by atoms with Crippen molar-refractivity contribution in [2.75, 3.05) is 36.4 Å². The summed E-state index contributed by atoms with van der Waals surface area (Å²) in [6.07, 6.45) is 0. The Hall–Kier alpha value is -2.84. The van der Waals surface area contributed by atoms with Gasteiger partial charge >= 0.3 is 0 Å². The predicted molar refractivity (Wildman–Crippen MR) is 118 cm³/mol. The van der Waals surface area contributed by atoms with Crippen LogP contribution in [-0.4, -0.2) is 54.5 Å². The second-order valence-electron chi connectivity index (χ2n) is 6.78. The molecule has 8 heteroatoms. The molecule has 7 nitrogen and oxygen atoms in total. The molecule has 0 radical (unpaired) electrons. The van der Waals surface area contributed by atoms with Crippen molar-refractivity contribution in [1.82, 2.24) is 4.90 Å². The maximum Gasteiger partial charge on any atom is 0.299 e. The molecule has 2 aromatic carbocycles. The van der Waals surface area contributed by atoms with Gasteiger partial charge in [0.05, 0.1) is 22.5 Å². The zero-order valence-corrected chi connectivity index (χ0v) is 18.4. The maximum absolute atomic E-state index is 12.0. The number of carbonyl (C=O) groups excluding carboxylic acids is 4. The molecule has 0 fully saturated rings. The number of amides is 2. The van der Waals surface area contributed by atoms with Gasteiger partial charge in [-0.15, -0.1) is 0 Å². The van der Waals surface area contributed by atoms with Crippen molar-refractivity contribution < 1.29 is 19.2 Å². The highest BCUT2D eigenvalue weighted by Gasteiger charge is 2.37. The molecule has 2 aromatic rings. The zero-order chi connectivity index (χ0) is 21.8. The largest absolute Gasteiger partial charge is 0.318 e. The Labute approximate surface area is 183 Å². The van der Waals surface area contributed by atoms with Crippen LogP contribution in [0.5, 0.6) is 0 Å². The number of carbonyl (C=O) groups is 4. The number of halogens is 1. The van der Waals surface area contributed by atoms with E-state index in [0.717, 1.165) is 25.3 Å². The van der Waals surface area contributed by atoms with E-state index in [1.807, 2.05) is 12.1 Å². The summed E-state index contributed by atoms with van der Waals surface area (Å²) in [5.41, 5.74) is 2.29. The molecule has 0 saturated heterocycles. The number of ketones is 2. The Morgan fingerprint density at radius 2 is 1.63 bits per heavy atom. The van der Waals surface area contributed by atoms with Crippen molar-refractivity contribution in [3.8, 4) is 0 Å². The summed E-state index contributed by atoms with van der Waals surface area (Å²) in [6.45, 7) is 7.39. The molecule has 0 saturated carbocycles. The lowest BCUT2D eigenvalue weighted by atomic mass is 10.1. The van der Waals surface area contributed by atoms with Crippen LogP contribution in [0.15, 0.2) is 46.9 Å². The number of benzene rings is 2. The van der Waals surface area contributed by atoms with E-state index in [9.17, 15) is 19.2 Å². The molecule has 2 amide bonds. The molecule has 0 aromatic heterocycles. The molecule has 0 unspecified atom stereocenters. The van der Waals surface area contributed by atoms with Gasteiger partial charge in [0, 0.05) is 17.6 Å². The number of nitrogens with one attached hydrogen (secondary N) is 1. The molecule has 0 aliphatic carbocycles. The number of nitrogens with zero attached hydrogens (tertiary/aromatic N) is 2. The fourth-order valence-electron chi connectivity index (χ4n) is 3.40. The van der Waals surface area contributed by atoms with Gasteiger partial charge in [0.15, 0.2) is 0 Å². The number of para-hydroxylation sites is 1. The van der Waals surface area contributed by atoms with Gasteiger partial charge in [0.2, 0.25) is 0 Å². The average molecular weight is 472 g/mol. The second kappa shape index (κ2) is 9.32. The Morgan fingerprint density at radius 1 is 0.933 bits per heavy atom. The minimum atomic E-state index is -0.536. The fraction of sp³-hybridized carbons (Fsp3) is 0.273. The molecule has 2 heterocycles. The smallest absolute Gasteiger partial charge is 0.299 e. The molecule has 1 N–H and O–H groups in total. The van der Waals surface area contributed by atoms with Gasteiger partial charge in [-0.2, -0.15) is 0 Å². The third-order valence-corrected chi connectivity index (χ3v) is 5.77. The SMILES string of the molecule is CCN(CC)CCN1C(=O)C(=O)c2c(Br)cccc21.O=C1Nc2ccccc2C1=O. The lowest BCUT2D eigenvalue weighted by molar-refractivity contribution is -0.114. The second-order valence-corrected chi connectivity index (χ2v) is 7.63. The van der Waals surface area contributed by atoms with E-state index < -0.39 is 23.4 Å². The predicted octanol–water partition coefficient (Wildman–Crippen LogP) is 3.14. The average Bonchev–Trinajstić information content (AvgIpc) is 3.18. The van der Waals surface area contributed by atoms with Crippen LogP contribution in [0.1, 0.15) is 34.6 Å². The van der Waals surface area contributed by atoms with Gasteiger partial charge in [-0.3, -0.25) is 19.2 Å². The van der Waals surface area contributed by atoms with E-state index in [4.69, 9.17) is 0 Å². The first-order chi connectivity index (χ1) is 14.4. The molecule has 30 heavy (non-hydrogen) atoms. The van der Waals surface area contributed by atoms with Gasteiger partial charge < -0.3 is 15.1 Å². The summed E-state index contributed by atoms with van der Waals surface area (Å²) < 4.78 is 0.689. The normalized spacial score (nSPS) is 14.5. The number of anilines is 2. The first kappa shape index (κ1) is 21.9. The van der Waals surface area contributed by atoms with Crippen LogP contribution in [0.3, 0.4) is 0 Å². The lowest BCUT2D eigenvalue weighted by Crippen LogP contribution is -2.38. The molecule has 2 aliphatic heterocycles. The summed E-state index contributed by atoms with van der Waals surface area (Å²) in [5, 5.41) is 2.46. The van der Waals surface area contributed by atoms with E-state index in [1.165, 1.54) is 0 Å². The summed E-state index contributed by atoms with van der Waals surface area (Å²) >= 11 is 3.34. The van der Waals surface area contributed by atoms with Crippen molar-refractivity contribution >= 4 is 50.7 Å². The van der Waals surface area contributed by atoms with Crippen LogP contribution < -0.4 is 10.2 Å². The van der Waals surface area contributed by atoms with Gasteiger partial charge in [-0.1, -0.05) is 32.0 Å². The maximum atomic E-state index is 12.0. The van der Waals surface area contributed by atoms with Crippen molar-refractivity contribution in [2.45, 2.75) is 13.8 Å². The van der Waals surface area contributed by atoms with Crippen molar-refractivity contribution in [3.63, 3.8) is 0 Å². The highest BCUT2D eigenvalue weighted by atomic mass is 79.9. The van der Waals surface area contributed by atoms with E-state index in [1.54, 1.807) is 35.2 Å². The van der Waals surface area contributed by atoms with Crippen LogP contribution >= 0.6 is 15.9 Å². The Bertz CT molecular complexity index is 1020. The van der Waals surface area contributed by atoms with Gasteiger partial charge in [0.25, 0.3) is 23.4 Å². The zero-order valence-electron chi connectivity index (χ0n) is 16.8. The van der Waals surface area contributed by atoms with Crippen LogP contribution in [0.25, 0.3) is 0 Å². The van der Waals surface area contributed by atoms with Gasteiger partial charge in [-0.25, -0.2) is 0 Å². The van der Waals surface area contributed by atoms with Crippen LogP contribution in [-0.2, 0) is 9.59 Å². The lowest BCUT2D eigenvalue weighted by Gasteiger charge is -2.22. The third-order valence-electron chi connectivity index (χ3n) is 5.11. The van der Waals surface area contributed by atoms with Crippen LogP contribution in [0.2, 0.25) is 0 Å². The summed E-state index contributed by atoms with van der Waals surface area (Å²) in [7, 11) is 0. The minimum absolute atomic E-state index is 0.415. The van der Waals surface area contributed by atoms with E-state index >= 15 is 0 Å². The summed E-state index contributed by atoms with van der Waals surface area (Å²) in [4.78, 5) is 49.6. The molecule has 156 valence electrons. The third kappa shape index (κ3) is 4.20. The Morgan fingerprint density at radius 3 is 2.30 bits per heavy atom. The number of hydrogen-bond donors (Lipinski definition) is 1. The quantitative estimate of drug-likeness (QED) is 0.676. The molecular formula is C22H22BrN3O4. The molecule has 2 aliphatic rings. The fourth-order valence-corrected chi connectivity index (χ4v) is 3.93. The first-order valence-electron chi connectivity index (χ1n) is 9.70. The van der Waals surface area contributed by atoms with E-state index in [0.29, 0.717) is 27.8 Å². The Kier molecular flexibility index (Phi) is 6.79. The standard InChI is InChI=1S/C14H17BrN2O2.C8H5NO2/c1-3-16(4-2)8-9-17-11-7-5-6-10(15)12(11)13(18)14(17)19;10-7-5-3-1-2-4-6(5)9-8(7)11/h5-7H,3-4,8-9H2,1-2H3;1-4H,(H,9,10,11). The number of hydrogen-bond acceptors (Lipinski definition) is 5. The number of Topliss-reactive ketones (excluding diaryl/α,β-unsaturated/α-hetero) is 2. The molecular weight excluding hydrogens is 450 g/mol. The van der Waals surface area contributed by atoms with Crippen LogP contribution in [0, 0.1) is 0 Å². The first-order valence-corrected chi connectivity index (χ1v) is 10.5. The highest BCUT2D eigenvalue weighted by molar-refractivity contribution is 9.10. The molecule has 0 spiro atoms. The van der Waals surface area contributed by atoms with E-state index in [2.05, 4.69) is 40.0 Å². The van der Waals surface area contributed by atoms with Gasteiger partial charge in [0.1, 0.15) is 0 Å². The minimum Gasteiger partial charge on any atom is -0.318 e. The number of likely N-dealkylation sites (N-methyl/N-ethyl adjacent to an activating group) is 1. The molecule has 4 rings (SSSR count). The number of rotatable bonds is 5. The Balaban J connectivity index is 0.000000196. The molecule has 0 bridgehead atoms. The monoisotopic (exact) mass is 471 g/mol. The van der Waals surface area contributed by atoms with Gasteiger partial charge in [-0.05, 0) is 53.3 Å². The van der Waals surface area contributed by atoms with E-state index in [-0.39, 0.29) is 0 Å². The van der Waals surface area contributed by atoms with Crippen molar-refractivity contribution in [3.05, 3.63) is 58.1 Å².